The van der Waals surface area contributed by atoms with Gasteiger partial charge in [0.15, 0.2) is 4.34 Å². The molecule has 4 nitrogen and oxygen atoms in total. The minimum atomic E-state index is 0.238. The van der Waals surface area contributed by atoms with Crippen LogP contribution in [0, 0.1) is 6.92 Å². The third-order valence-electron chi connectivity index (χ3n) is 2.93. The molecule has 0 radical (unpaired) electrons. The monoisotopic (exact) mass is 303 g/mol. The number of carbonyl (C=O) groups excluding carboxylic acids is 1. The van der Waals surface area contributed by atoms with E-state index in [0.29, 0.717) is 18.2 Å². The highest BCUT2D eigenvalue weighted by Gasteiger charge is 2.28. The minimum Gasteiger partial charge on any atom is -0.339 e. The van der Waals surface area contributed by atoms with Crippen LogP contribution in [0.3, 0.4) is 0 Å². The van der Waals surface area contributed by atoms with Crippen molar-refractivity contribution >= 4 is 41.6 Å². The number of hydrogen-bond acceptors (Lipinski definition) is 6. The Balaban J connectivity index is 1.86. The maximum atomic E-state index is 11.9. The maximum Gasteiger partial charge on any atom is 0.223 e. The molecule has 7 heteroatoms. The van der Waals surface area contributed by atoms with Gasteiger partial charge < -0.3 is 4.90 Å². The highest BCUT2D eigenvalue weighted by atomic mass is 32.2. The molecule has 1 aromatic rings. The Hall–Kier alpha value is -0.270. The SMILES string of the molecule is Cc1nnc(SCC2CCCN2C(=O)CCS)s1. The first kappa shape index (κ1) is 14.1. The summed E-state index contributed by atoms with van der Waals surface area (Å²) in [6.07, 6.45) is 2.75. The van der Waals surface area contributed by atoms with E-state index >= 15 is 0 Å². The molecular formula is C11H17N3OS3. The summed E-state index contributed by atoms with van der Waals surface area (Å²) in [5.41, 5.74) is 0. The van der Waals surface area contributed by atoms with Crippen LogP contribution in [0.2, 0.25) is 0 Å². The number of rotatable bonds is 5. The molecule has 0 bridgehead atoms. The molecule has 0 aliphatic carbocycles. The van der Waals surface area contributed by atoms with Crippen LogP contribution in [-0.4, -0.2) is 45.1 Å². The van der Waals surface area contributed by atoms with Crippen molar-refractivity contribution in [3.05, 3.63) is 5.01 Å². The van der Waals surface area contributed by atoms with E-state index in [0.717, 1.165) is 34.5 Å². The minimum absolute atomic E-state index is 0.238. The molecule has 0 spiro atoms. The van der Waals surface area contributed by atoms with Gasteiger partial charge in [-0.1, -0.05) is 23.1 Å². The Bertz CT molecular complexity index is 410. The van der Waals surface area contributed by atoms with Crippen molar-refractivity contribution in [3.8, 4) is 0 Å². The lowest BCUT2D eigenvalue weighted by Gasteiger charge is -2.23. The van der Waals surface area contributed by atoms with E-state index in [1.807, 2.05) is 11.8 Å². The van der Waals surface area contributed by atoms with Crippen LogP contribution < -0.4 is 0 Å². The molecule has 1 aliphatic heterocycles. The van der Waals surface area contributed by atoms with E-state index in [1.165, 1.54) is 0 Å². The Labute approximate surface area is 121 Å². The van der Waals surface area contributed by atoms with Crippen molar-refractivity contribution in [1.29, 1.82) is 0 Å². The molecule has 1 atom stereocenters. The van der Waals surface area contributed by atoms with Gasteiger partial charge in [-0.15, -0.1) is 10.2 Å². The number of nitrogens with zero attached hydrogens (tertiary/aromatic N) is 3. The third-order valence-corrected chi connectivity index (χ3v) is 5.27. The summed E-state index contributed by atoms with van der Waals surface area (Å²) in [6.45, 7) is 2.85. The number of aryl methyl sites for hydroxylation is 1. The largest absolute Gasteiger partial charge is 0.339 e. The zero-order valence-corrected chi connectivity index (χ0v) is 12.9. The van der Waals surface area contributed by atoms with E-state index in [9.17, 15) is 4.79 Å². The van der Waals surface area contributed by atoms with Crippen LogP contribution in [0.5, 0.6) is 0 Å². The van der Waals surface area contributed by atoms with Gasteiger partial charge in [0.1, 0.15) is 5.01 Å². The van der Waals surface area contributed by atoms with Crippen LogP contribution in [0.4, 0.5) is 0 Å². The van der Waals surface area contributed by atoms with Gasteiger partial charge in [-0.05, 0) is 25.5 Å². The number of thioether (sulfide) groups is 1. The van der Waals surface area contributed by atoms with Crippen LogP contribution in [0.25, 0.3) is 0 Å². The zero-order chi connectivity index (χ0) is 13.0. The van der Waals surface area contributed by atoms with Gasteiger partial charge in [0.2, 0.25) is 5.91 Å². The van der Waals surface area contributed by atoms with Crippen LogP contribution >= 0.6 is 35.7 Å². The fourth-order valence-electron chi connectivity index (χ4n) is 2.08. The predicted molar refractivity (Wildman–Crippen MR) is 78.6 cm³/mol. The van der Waals surface area contributed by atoms with Gasteiger partial charge in [0.05, 0.1) is 0 Å². The summed E-state index contributed by atoms with van der Waals surface area (Å²) in [6, 6.07) is 0.353. The van der Waals surface area contributed by atoms with E-state index in [-0.39, 0.29) is 5.91 Å². The average Bonchev–Trinajstić information content (AvgIpc) is 2.95. The van der Waals surface area contributed by atoms with E-state index in [1.54, 1.807) is 23.1 Å². The second-order valence-electron chi connectivity index (χ2n) is 4.25. The fourth-order valence-corrected chi connectivity index (χ4v) is 4.27. The van der Waals surface area contributed by atoms with Crippen molar-refractivity contribution in [3.63, 3.8) is 0 Å². The summed E-state index contributed by atoms with van der Waals surface area (Å²) < 4.78 is 1.00. The summed E-state index contributed by atoms with van der Waals surface area (Å²) >= 11 is 7.45. The number of carbonyl (C=O) groups is 1. The number of amides is 1. The highest BCUT2D eigenvalue weighted by Crippen LogP contribution is 2.28. The maximum absolute atomic E-state index is 11.9. The second-order valence-corrected chi connectivity index (χ2v) is 7.15. The smallest absolute Gasteiger partial charge is 0.223 e. The summed E-state index contributed by atoms with van der Waals surface area (Å²) in [5.74, 6) is 1.79. The van der Waals surface area contributed by atoms with Crippen molar-refractivity contribution in [2.45, 2.75) is 36.6 Å². The van der Waals surface area contributed by atoms with Crippen molar-refractivity contribution in [1.82, 2.24) is 15.1 Å². The average molecular weight is 303 g/mol. The highest BCUT2D eigenvalue weighted by molar-refractivity contribution is 8.01. The number of aromatic nitrogens is 2. The van der Waals surface area contributed by atoms with Crippen LogP contribution in [0.15, 0.2) is 4.34 Å². The Morgan fingerprint density at radius 3 is 3.11 bits per heavy atom. The topological polar surface area (TPSA) is 46.1 Å². The Morgan fingerprint density at radius 1 is 1.61 bits per heavy atom. The lowest BCUT2D eigenvalue weighted by Crippen LogP contribution is -2.37. The van der Waals surface area contributed by atoms with Crippen LogP contribution in [-0.2, 0) is 4.79 Å². The molecule has 1 aliphatic rings. The van der Waals surface area contributed by atoms with Gasteiger partial charge >= 0.3 is 0 Å². The molecule has 1 unspecified atom stereocenters. The molecule has 0 saturated carbocycles. The molecule has 18 heavy (non-hydrogen) atoms. The lowest BCUT2D eigenvalue weighted by atomic mass is 10.2. The lowest BCUT2D eigenvalue weighted by molar-refractivity contribution is -0.131. The summed E-state index contributed by atoms with van der Waals surface area (Å²) in [7, 11) is 0. The molecule has 2 rings (SSSR count). The Morgan fingerprint density at radius 2 is 2.44 bits per heavy atom. The Kier molecular flexibility index (Phi) is 5.32. The van der Waals surface area contributed by atoms with Gasteiger partial charge in [-0.3, -0.25) is 4.79 Å². The zero-order valence-electron chi connectivity index (χ0n) is 10.3. The molecule has 0 aromatic carbocycles. The standard InChI is InChI=1S/C11H17N3OS3/c1-8-12-13-11(18-8)17-7-9-3-2-5-14(9)10(15)4-6-16/h9,16H,2-7H2,1H3. The van der Waals surface area contributed by atoms with Crippen molar-refractivity contribution in [2.24, 2.45) is 0 Å². The molecule has 0 N–H and O–H groups in total. The molecule has 2 heterocycles. The third kappa shape index (κ3) is 3.61. The molecular weight excluding hydrogens is 286 g/mol. The number of likely N-dealkylation sites (tertiary alicyclic amines) is 1. The predicted octanol–water partition coefficient (Wildman–Crippen LogP) is 2.25. The molecule has 1 fully saturated rings. The van der Waals surface area contributed by atoms with E-state index < -0.39 is 0 Å². The van der Waals surface area contributed by atoms with Gasteiger partial charge in [0.25, 0.3) is 0 Å². The first-order valence-corrected chi connectivity index (χ1v) is 8.47. The van der Waals surface area contributed by atoms with E-state index in [4.69, 9.17) is 0 Å². The first-order chi connectivity index (χ1) is 8.70. The molecule has 1 saturated heterocycles. The number of hydrogen-bond donors (Lipinski definition) is 1. The van der Waals surface area contributed by atoms with Crippen molar-refractivity contribution < 1.29 is 4.79 Å². The molecule has 1 aromatic heterocycles. The fraction of sp³-hybridized carbons (Fsp3) is 0.727. The summed E-state index contributed by atoms with van der Waals surface area (Å²) in [4.78, 5) is 13.9. The van der Waals surface area contributed by atoms with Crippen molar-refractivity contribution in [2.75, 3.05) is 18.1 Å². The quantitative estimate of drug-likeness (QED) is 0.669. The van der Waals surface area contributed by atoms with Gasteiger partial charge in [0, 0.05) is 24.8 Å². The van der Waals surface area contributed by atoms with Gasteiger partial charge in [-0.2, -0.15) is 12.6 Å². The molecule has 100 valence electrons. The van der Waals surface area contributed by atoms with Gasteiger partial charge in [-0.25, -0.2) is 0 Å². The normalized spacial score (nSPS) is 19.4. The van der Waals surface area contributed by atoms with E-state index in [2.05, 4.69) is 22.8 Å². The first-order valence-electron chi connectivity index (χ1n) is 6.04. The second kappa shape index (κ2) is 6.77. The molecule has 1 amide bonds. The number of thiol groups is 1. The summed E-state index contributed by atoms with van der Waals surface area (Å²) in [5, 5.41) is 9.09. The van der Waals surface area contributed by atoms with Crippen LogP contribution in [0.1, 0.15) is 24.3 Å².